The number of nitrogens with zero attached hydrogens (tertiary/aromatic N) is 1. The van der Waals surface area contributed by atoms with Gasteiger partial charge in [-0.05, 0) is 19.1 Å². The highest BCUT2D eigenvalue weighted by atomic mass is 32.1. The smallest absolute Gasteiger partial charge is 0.0926 e. The Balaban J connectivity index is 2.10. The number of aliphatic hydroxyl groups excluding tert-OH is 1. The lowest BCUT2D eigenvalue weighted by Gasteiger charge is -2.15. The van der Waals surface area contributed by atoms with Gasteiger partial charge in [-0.1, -0.05) is 17.7 Å². The Labute approximate surface area is 98.8 Å². The molecular formula is C12H14N2OS. The Hall–Kier alpha value is -1.39. The fourth-order valence-electron chi connectivity index (χ4n) is 1.46. The molecule has 2 N–H and O–H groups in total. The lowest BCUT2D eigenvalue weighted by molar-refractivity contribution is 0.274. The molecule has 1 heterocycles. The van der Waals surface area contributed by atoms with Crippen LogP contribution in [0.15, 0.2) is 35.2 Å². The SMILES string of the molecule is Cc1ccc(NC(CO)c2cscn2)cc1. The second-order valence-electron chi connectivity index (χ2n) is 3.66. The van der Waals surface area contributed by atoms with Gasteiger partial charge in [0.1, 0.15) is 0 Å². The van der Waals surface area contributed by atoms with Gasteiger partial charge >= 0.3 is 0 Å². The van der Waals surface area contributed by atoms with Crippen molar-refractivity contribution in [2.24, 2.45) is 0 Å². The molecule has 0 saturated heterocycles. The van der Waals surface area contributed by atoms with Gasteiger partial charge in [-0.2, -0.15) is 0 Å². The summed E-state index contributed by atoms with van der Waals surface area (Å²) in [5.74, 6) is 0. The zero-order valence-corrected chi connectivity index (χ0v) is 9.87. The highest BCUT2D eigenvalue weighted by Gasteiger charge is 2.11. The number of hydrogen-bond acceptors (Lipinski definition) is 4. The molecule has 16 heavy (non-hydrogen) atoms. The van der Waals surface area contributed by atoms with Crippen LogP contribution in [0.2, 0.25) is 0 Å². The molecular weight excluding hydrogens is 220 g/mol. The Kier molecular flexibility index (Phi) is 3.54. The molecule has 0 fully saturated rings. The van der Waals surface area contributed by atoms with Gasteiger partial charge < -0.3 is 10.4 Å². The summed E-state index contributed by atoms with van der Waals surface area (Å²) in [5, 5.41) is 14.5. The van der Waals surface area contributed by atoms with Crippen molar-refractivity contribution in [3.63, 3.8) is 0 Å². The molecule has 4 heteroatoms. The second-order valence-corrected chi connectivity index (χ2v) is 4.38. The van der Waals surface area contributed by atoms with E-state index < -0.39 is 0 Å². The van der Waals surface area contributed by atoms with Crippen LogP contribution in [0.4, 0.5) is 5.69 Å². The third-order valence-corrected chi connectivity index (χ3v) is 2.99. The number of thiazole rings is 1. The lowest BCUT2D eigenvalue weighted by Crippen LogP contribution is -2.15. The van der Waals surface area contributed by atoms with Gasteiger partial charge in [0.25, 0.3) is 0 Å². The van der Waals surface area contributed by atoms with E-state index in [1.54, 1.807) is 5.51 Å². The maximum atomic E-state index is 9.32. The number of aromatic nitrogens is 1. The van der Waals surface area contributed by atoms with Gasteiger partial charge in [-0.25, -0.2) is 4.98 Å². The first-order chi connectivity index (χ1) is 7.79. The zero-order valence-electron chi connectivity index (χ0n) is 9.05. The fourth-order valence-corrected chi connectivity index (χ4v) is 2.07. The first kappa shape index (κ1) is 11.1. The van der Waals surface area contributed by atoms with E-state index in [4.69, 9.17) is 0 Å². The molecule has 2 aromatic rings. The number of anilines is 1. The Morgan fingerprint density at radius 2 is 2.12 bits per heavy atom. The van der Waals surface area contributed by atoms with Crippen molar-refractivity contribution >= 4 is 17.0 Å². The van der Waals surface area contributed by atoms with E-state index in [0.717, 1.165) is 11.4 Å². The van der Waals surface area contributed by atoms with Crippen LogP contribution in [0.25, 0.3) is 0 Å². The van der Waals surface area contributed by atoms with E-state index in [-0.39, 0.29) is 12.6 Å². The maximum Gasteiger partial charge on any atom is 0.0926 e. The number of benzene rings is 1. The first-order valence-electron chi connectivity index (χ1n) is 5.12. The molecule has 3 nitrogen and oxygen atoms in total. The van der Waals surface area contributed by atoms with E-state index in [2.05, 4.69) is 10.3 Å². The Bertz CT molecular complexity index is 425. The van der Waals surface area contributed by atoms with Crippen LogP contribution in [0.1, 0.15) is 17.3 Å². The zero-order chi connectivity index (χ0) is 11.4. The highest BCUT2D eigenvalue weighted by Crippen LogP contribution is 2.19. The molecule has 0 radical (unpaired) electrons. The molecule has 0 amide bonds. The van der Waals surface area contributed by atoms with Crippen LogP contribution in [0, 0.1) is 6.92 Å². The Morgan fingerprint density at radius 1 is 1.38 bits per heavy atom. The largest absolute Gasteiger partial charge is 0.394 e. The highest BCUT2D eigenvalue weighted by molar-refractivity contribution is 7.07. The standard InChI is InChI=1S/C12H14N2OS/c1-9-2-4-10(5-3-9)14-11(6-15)12-7-16-8-13-12/h2-5,7-8,11,14-15H,6H2,1H3. The normalized spacial score (nSPS) is 12.4. The van der Waals surface area contributed by atoms with Crippen LogP contribution in [-0.4, -0.2) is 16.7 Å². The lowest BCUT2D eigenvalue weighted by atomic mass is 10.2. The number of rotatable bonds is 4. The third kappa shape index (κ3) is 2.59. The summed E-state index contributed by atoms with van der Waals surface area (Å²) in [7, 11) is 0. The molecule has 0 bridgehead atoms. The number of aliphatic hydroxyl groups is 1. The molecule has 1 aromatic carbocycles. The van der Waals surface area contributed by atoms with Gasteiger partial charge in [0, 0.05) is 11.1 Å². The maximum absolute atomic E-state index is 9.32. The second kappa shape index (κ2) is 5.09. The average molecular weight is 234 g/mol. The van der Waals surface area contributed by atoms with E-state index in [1.165, 1.54) is 16.9 Å². The van der Waals surface area contributed by atoms with Gasteiger partial charge in [0.15, 0.2) is 0 Å². The van der Waals surface area contributed by atoms with Gasteiger partial charge in [-0.3, -0.25) is 0 Å². The van der Waals surface area contributed by atoms with E-state index in [1.807, 2.05) is 36.6 Å². The quantitative estimate of drug-likeness (QED) is 0.854. The van der Waals surface area contributed by atoms with Crippen molar-refractivity contribution in [3.8, 4) is 0 Å². The van der Waals surface area contributed by atoms with Crippen molar-refractivity contribution in [3.05, 3.63) is 46.4 Å². The van der Waals surface area contributed by atoms with Gasteiger partial charge in [0.2, 0.25) is 0 Å². The van der Waals surface area contributed by atoms with E-state index >= 15 is 0 Å². The first-order valence-corrected chi connectivity index (χ1v) is 6.06. The molecule has 0 spiro atoms. The summed E-state index contributed by atoms with van der Waals surface area (Å²) in [6.45, 7) is 2.09. The third-order valence-electron chi connectivity index (χ3n) is 2.38. The summed E-state index contributed by atoms with van der Waals surface area (Å²) < 4.78 is 0. The van der Waals surface area contributed by atoms with Crippen molar-refractivity contribution in [2.75, 3.05) is 11.9 Å². The predicted octanol–water partition coefficient (Wildman–Crippen LogP) is 2.60. The molecule has 1 unspecified atom stereocenters. The van der Waals surface area contributed by atoms with Crippen molar-refractivity contribution in [2.45, 2.75) is 13.0 Å². The molecule has 0 aliphatic carbocycles. The minimum absolute atomic E-state index is 0.0393. The minimum Gasteiger partial charge on any atom is -0.394 e. The summed E-state index contributed by atoms with van der Waals surface area (Å²) in [5.41, 5.74) is 4.87. The fraction of sp³-hybridized carbons (Fsp3) is 0.250. The average Bonchev–Trinajstić information content (AvgIpc) is 2.82. The molecule has 1 atom stereocenters. The summed E-state index contributed by atoms with van der Waals surface area (Å²) in [6.07, 6.45) is 0. The van der Waals surface area contributed by atoms with Gasteiger partial charge in [0.05, 0.1) is 23.9 Å². The van der Waals surface area contributed by atoms with Crippen LogP contribution in [-0.2, 0) is 0 Å². The van der Waals surface area contributed by atoms with E-state index in [0.29, 0.717) is 0 Å². The van der Waals surface area contributed by atoms with Crippen LogP contribution >= 0.6 is 11.3 Å². The van der Waals surface area contributed by atoms with Crippen molar-refractivity contribution in [1.82, 2.24) is 4.98 Å². The molecule has 2 rings (SSSR count). The molecule has 0 aliphatic rings. The minimum atomic E-state index is -0.131. The summed E-state index contributed by atoms with van der Waals surface area (Å²) in [6, 6.07) is 7.96. The predicted molar refractivity (Wildman–Crippen MR) is 66.7 cm³/mol. The van der Waals surface area contributed by atoms with Crippen molar-refractivity contribution in [1.29, 1.82) is 0 Å². The number of nitrogens with one attached hydrogen (secondary N) is 1. The van der Waals surface area contributed by atoms with Crippen molar-refractivity contribution < 1.29 is 5.11 Å². The molecule has 0 aliphatic heterocycles. The van der Waals surface area contributed by atoms with Crippen LogP contribution in [0.5, 0.6) is 0 Å². The number of aryl methyl sites for hydroxylation is 1. The number of hydrogen-bond donors (Lipinski definition) is 2. The summed E-state index contributed by atoms with van der Waals surface area (Å²) >= 11 is 1.53. The molecule has 0 saturated carbocycles. The van der Waals surface area contributed by atoms with E-state index in [9.17, 15) is 5.11 Å². The monoisotopic (exact) mass is 234 g/mol. The summed E-state index contributed by atoms with van der Waals surface area (Å²) in [4.78, 5) is 4.20. The molecule has 1 aromatic heterocycles. The Morgan fingerprint density at radius 3 is 2.69 bits per heavy atom. The molecule has 84 valence electrons. The van der Waals surface area contributed by atoms with Crippen LogP contribution in [0.3, 0.4) is 0 Å². The van der Waals surface area contributed by atoms with Gasteiger partial charge in [-0.15, -0.1) is 11.3 Å². The van der Waals surface area contributed by atoms with Crippen LogP contribution < -0.4 is 5.32 Å². The topological polar surface area (TPSA) is 45.1 Å².